The third-order valence-corrected chi connectivity index (χ3v) is 4.30. The van der Waals surface area contributed by atoms with E-state index in [1.54, 1.807) is 4.90 Å². The second kappa shape index (κ2) is 5.40. The Morgan fingerprint density at radius 1 is 1.17 bits per heavy atom. The number of fused-ring (bicyclic) bond motifs is 1. The molecule has 0 bridgehead atoms. The number of rotatable bonds is 2. The van der Waals surface area contributed by atoms with Crippen LogP contribution in [-0.4, -0.2) is 21.1 Å². The summed E-state index contributed by atoms with van der Waals surface area (Å²) in [7, 11) is 0. The molecule has 5 nitrogen and oxygen atoms in total. The third-order valence-electron chi connectivity index (χ3n) is 4.30. The van der Waals surface area contributed by atoms with Crippen molar-refractivity contribution in [3.05, 3.63) is 53.6 Å². The van der Waals surface area contributed by atoms with E-state index >= 15 is 0 Å². The van der Waals surface area contributed by atoms with Gasteiger partial charge in [0.05, 0.1) is 24.1 Å². The van der Waals surface area contributed by atoms with Gasteiger partial charge in [0.2, 0.25) is 0 Å². The van der Waals surface area contributed by atoms with Crippen LogP contribution in [-0.2, 0) is 0 Å². The Morgan fingerprint density at radius 3 is 2.83 bits per heavy atom. The average molecular weight is 333 g/mol. The van der Waals surface area contributed by atoms with Crippen molar-refractivity contribution in [3.8, 4) is 0 Å². The molecule has 1 saturated heterocycles. The minimum absolute atomic E-state index is 0.0702. The third kappa shape index (κ3) is 2.26. The van der Waals surface area contributed by atoms with Crippen LogP contribution in [0, 0.1) is 17.5 Å². The zero-order chi connectivity index (χ0) is 16.8. The zero-order valence-corrected chi connectivity index (χ0v) is 12.6. The molecule has 0 radical (unpaired) electrons. The highest BCUT2D eigenvalue weighted by Crippen LogP contribution is 2.38. The second-order valence-corrected chi connectivity index (χ2v) is 5.80. The second-order valence-electron chi connectivity index (χ2n) is 5.80. The van der Waals surface area contributed by atoms with Crippen molar-refractivity contribution < 1.29 is 13.2 Å². The number of halogens is 3. The Labute approximate surface area is 135 Å². The van der Waals surface area contributed by atoms with Gasteiger partial charge in [-0.1, -0.05) is 0 Å². The average Bonchev–Trinajstić information content (AvgIpc) is 3.16. The van der Waals surface area contributed by atoms with E-state index < -0.39 is 23.5 Å². The molecular weight excluding hydrogens is 319 g/mol. The van der Waals surface area contributed by atoms with Crippen LogP contribution in [0.3, 0.4) is 0 Å². The fourth-order valence-corrected chi connectivity index (χ4v) is 3.21. The molecule has 2 N–H and O–H groups in total. The summed E-state index contributed by atoms with van der Waals surface area (Å²) in [6.45, 7) is 0.495. The SMILES string of the molecule is Nc1cnn2cc(F)c(N3CCC[C@@H]3c3cc(F)ccc3F)nc12. The Morgan fingerprint density at radius 2 is 2.00 bits per heavy atom. The summed E-state index contributed by atoms with van der Waals surface area (Å²) in [4.78, 5) is 5.91. The Bertz CT molecular complexity index is 923. The van der Waals surface area contributed by atoms with Crippen molar-refractivity contribution in [1.82, 2.24) is 14.6 Å². The lowest BCUT2D eigenvalue weighted by atomic mass is 10.0. The molecule has 3 aromatic rings. The van der Waals surface area contributed by atoms with Crippen molar-refractivity contribution in [2.45, 2.75) is 18.9 Å². The zero-order valence-electron chi connectivity index (χ0n) is 12.6. The molecule has 0 amide bonds. The minimum atomic E-state index is -0.589. The van der Waals surface area contributed by atoms with Crippen LogP contribution in [0.1, 0.15) is 24.4 Å². The van der Waals surface area contributed by atoms with Gasteiger partial charge in [-0.15, -0.1) is 0 Å². The van der Waals surface area contributed by atoms with E-state index in [-0.39, 0.29) is 11.4 Å². The first-order valence-corrected chi connectivity index (χ1v) is 7.55. The van der Waals surface area contributed by atoms with Crippen molar-refractivity contribution in [3.63, 3.8) is 0 Å². The van der Waals surface area contributed by atoms with Crippen LogP contribution in [0.25, 0.3) is 5.65 Å². The summed E-state index contributed by atoms with van der Waals surface area (Å²) >= 11 is 0. The van der Waals surface area contributed by atoms with E-state index in [1.807, 2.05) is 0 Å². The molecule has 2 aromatic heterocycles. The normalized spacial score (nSPS) is 17.8. The maximum atomic E-state index is 14.5. The van der Waals surface area contributed by atoms with Crippen molar-refractivity contribution >= 4 is 17.2 Å². The molecular formula is C16H14F3N5. The standard InChI is InChI=1S/C16H14F3N5/c17-9-3-4-11(18)10(6-9)14-2-1-5-23(14)15-12(19)8-24-16(22-15)13(20)7-21-24/h3-4,6-8,14H,1-2,5,20H2/t14-/m1/s1. The summed E-state index contributed by atoms with van der Waals surface area (Å²) in [5.74, 6) is -1.56. The molecule has 0 spiro atoms. The number of nitrogens with zero attached hydrogens (tertiary/aromatic N) is 4. The summed E-state index contributed by atoms with van der Waals surface area (Å²) < 4.78 is 43.4. The molecule has 1 aromatic carbocycles. The summed E-state index contributed by atoms with van der Waals surface area (Å²) in [5.41, 5.74) is 6.64. The van der Waals surface area contributed by atoms with Crippen LogP contribution in [0.4, 0.5) is 24.7 Å². The molecule has 4 rings (SSSR count). The maximum Gasteiger partial charge on any atom is 0.184 e. The molecule has 1 aliphatic rings. The molecule has 8 heteroatoms. The predicted octanol–water partition coefficient (Wildman–Crippen LogP) is 3.07. The van der Waals surface area contributed by atoms with Crippen LogP contribution < -0.4 is 10.6 Å². The van der Waals surface area contributed by atoms with Gasteiger partial charge in [-0.05, 0) is 31.0 Å². The summed E-state index contributed by atoms with van der Waals surface area (Å²) in [6.07, 6.45) is 3.88. The molecule has 1 aliphatic heterocycles. The van der Waals surface area contributed by atoms with Gasteiger partial charge in [0.25, 0.3) is 0 Å². The molecule has 0 saturated carbocycles. The first-order valence-electron chi connectivity index (χ1n) is 7.55. The lowest BCUT2D eigenvalue weighted by Gasteiger charge is -2.26. The predicted molar refractivity (Wildman–Crippen MR) is 83.0 cm³/mol. The van der Waals surface area contributed by atoms with Crippen LogP contribution in [0.5, 0.6) is 0 Å². The number of nitrogen functional groups attached to an aromatic ring is 1. The number of hydrogen-bond donors (Lipinski definition) is 1. The maximum absolute atomic E-state index is 14.5. The van der Waals surface area contributed by atoms with Crippen LogP contribution in [0.15, 0.2) is 30.6 Å². The van der Waals surface area contributed by atoms with E-state index in [9.17, 15) is 13.2 Å². The van der Waals surface area contributed by atoms with E-state index in [0.29, 0.717) is 24.3 Å². The number of anilines is 2. The van der Waals surface area contributed by atoms with Gasteiger partial charge in [0, 0.05) is 12.1 Å². The monoisotopic (exact) mass is 333 g/mol. The Balaban J connectivity index is 1.81. The van der Waals surface area contributed by atoms with Crippen molar-refractivity contribution in [2.24, 2.45) is 0 Å². The number of hydrogen-bond acceptors (Lipinski definition) is 4. The fraction of sp³-hybridized carbons (Fsp3) is 0.250. The molecule has 124 valence electrons. The number of benzene rings is 1. The quantitative estimate of drug-likeness (QED) is 0.783. The van der Waals surface area contributed by atoms with Crippen molar-refractivity contribution in [1.29, 1.82) is 0 Å². The molecule has 0 aliphatic carbocycles. The smallest absolute Gasteiger partial charge is 0.184 e. The Hall–Kier alpha value is -2.77. The van der Waals surface area contributed by atoms with Gasteiger partial charge >= 0.3 is 0 Å². The van der Waals surface area contributed by atoms with Gasteiger partial charge < -0.3 is 10.6 Å². The van der Waals surface area contributed by atoms with E-state index in [1.165, 1.54) is 16.9 Å². The Kier molecular flexibility index (Phi) is 3.33. The van der Waals surface area contributed by atoms with Gasteiger partial charge in [0.15, 0.2) is 17.3 Å². The summed E-state index contributed by atoms with van der Waals surface area (Å²) in [6, 6.07) is 2.83. The van der Waals surface area contributed by atoms with E-state index in [0.717, 1.165) is 24.6 Å². The van der Waals surface area contributed by atoms with E-state index in [2.05, 4.69) is 10.1 Å². The van der Waals surface area contributed by atoms with Gasteiger partial charge in [0.1, 0.15) is 11.6 Å². The highest BCUT2D eigenvalue weighted by molar-refractivity contribution is 5.66. The first-order chi connectivity index (χ1) is 11.5. The molecule has 3 heterocycles. The lowest BCUT2D eigenvalue weighted by Crippen LogP contribution is -2.26. The number of aromatic nitrogens is 3. The summed E-state index contributed by atoms with van der Waals surface area (Å²) in [5, 5.41) is 3.91. The molecule has 1 fully saturated rings. The van der Waals surface area contributed by atoms with Gasteiger partial charge in [-0.25, -0.2) is 22.7 Å². The van der Waals surface area contributed by atoms with Gasteiger partial charge in [-0.2, -0.15) is 5.10 Å². The van der Waals surface area contributed by atoms with E-state index in [4.69, 9.17) is 5.73 Å². The number of nitrogens with two attached hydrogens (primary N) is 1. The van der Waals surface area contributed by atoms with Gasteiger partial charge in [-0.3, -0.25) is 0 Å². The lowest BCUT2D eigenvalue weighted by molar-refractivity contribution is 0.551. The highest BCUT2D eigenvalue weighted by Gasteiger charge is 2.31. The molecule has 24 heavy (non-hydrogen) atoms. The minimum Gasteiger partial charge on any atom is -0.394 e. The first kappa shape index (κ1) is 14.8. The topological polar surface area (TPSA) is 59.4 Å². The van der Waals surface area contributed by atoms with Crippen LogP contribution >= 0.6 is 0 Å². The van der Waals surface area contributed by atoms with Crippen LogP contribution in [0.2, 0.25) is 0 Å². The molecule has 0 unspecified atom stereocenters. The fourth-order valence-electron chi connectivity index (χ4n) is 3.21. The highest BCUT2D eigenvalue weighted by atomic mass is 19.1. The van der Waals surface area contributed by atoms with Crippen molar-refractivity contribution in [2.75, 3.05) is 17.2 Å². The molecule has 1 atom stereocenters. The largest absolute Gasteiger partial charge is 0.394 e.